The second-order valence-electron chi connectivity index (χ2n) is 8.95. The van der Waals surface area contributed by atoms with Crippen molar-refractivity contribution in [1.29, 1.82) is 0 Å². The Kier molecular flexibility index (Phi) is 10.6. The van der Waals surface area contributed by atoms with Gasteiger partial charge in [0, 0.05) is 68.0 Å². The molecule has 2 aromatic heterocycles. The zero-order valence-corrected chi connectivity index (χ0v) is 23.4. The third-order valence-corrected chi connectivity index (χ3v) is 7.58. The molecule has 3 aromatic rings. The largest absolute Gasteiger partial charge is 0.480 e. The summed E-state index contributed by atoms with van der Waals surface area (Å²) < 4.78 is -0.180. The molecule has 8 nitrogen and oxygen atoms in total. The van der Waals surface area contributed by atoms with E-state index in [2.05, 4.69) is 37.1 Å². The summed E-state index contributed by atoms with van der Waals surface area (Å²) >= 11 is 2.74. The summed E-state index contributed by atoms with van der Waals surface area (Å²) in [6.45, 7) is 6.72. The molecule has 1 aromatic carbocycles. The number of aryl methyl sites for hydroxylation is 1. The van der Waals surface area contributed by atoms with E-state index in [1.807, 2.05) is 60.5 Å². The fraction of sp³-hybridized carbons (Fsp3) is 0.370. The Balaban J connectivity index is 1.77. The number of benzene rings is 1. The summed E-state index contributed by atoms with van der Waals surface area (Å²) in [5.41, 5.74) is 4.00. The van der Waals surface area contributed by atoms with Crippen LogP contribution in [0.4, 0.5) is 11.6 Å². The van der Waals surface area contributed by atoms with Gasteiger partial charge in [0.1, 0.15) is 4.75 Å². The first-order valence-electron chi connectivity index (χ1n) is 12.2. The van der Waals surface area contributed by atoms with Crippen LogP contribution >= 0.6 is 23.1 Å². The van der Waals surface area contributed by atoms with E-state index in [9.17, 15) is 9.90 Å². The SMILES string of the molecule is CCCc1cnc(N(CCc2csc(SC(C)(C)C(=O)O)n2)C/C(C=NC)=C/Nc2ccccc2)nc1. The minimum Gasteiger partial charge on any atom is -0.480 e. The van der Waals surface area contributed by atoms with Gasteiger partial charge in [0.2, 0.25) is 5.95 Å². The highest BCUT2D eigenvalue weighted by atomic mass is 32.2. The van der Waals surface area contributed by atoms with E-state index in [-0.39, 0.29) is 0 Å². The molecule has 0 radical (unpaired) electrons. The number of carboxylic acid groups (broad SMARTS) is 1. The molecule has 0 amide bonds. The zero-order chi connectivity index (χ0) is 26.7. The van der Waals surface area contributed by atoms with E-state index in [1.165, 1.54) is 23.1 Å². The minimum absolute atomic E-state index is 0.558. The lowest BCUT2D eigenvalue weighted by molar-refractivity contribution is -0.138. The number of aliphatic carboxylic acids is 1. The number of hydrogen-bond acceptors (Lipinski definition) is 9. The van der Waals surface area contributed by atoms with Gasteiger partial charge in [-0.15, -0.1) is 11.3 Å². The Labute approximate surface area is 227 Å². The molecule has 0 fully saturated rings. The predicted molar refractivity (Wildman–Crippen MR) is 154 cm³/mol. The van der Waals surface area contributed by atoms with Crippen molar-refractivity contribution in [1.82, 2.24) is 15.0 Å². The summed E-state index contributed by atoms with van der Waals surface area (Å²) in [4.78, 5) is 31.8. The summed E-state index contributed by atoms with van der Waals surface area (Å²) in [5, 5.41) is 14.8. The molecule has 0 aliphatic heterocycles. The molecule has 0 saturated carbocycles. The monoisotopic (exact) mass is 538 g/mol. The Morgan fingerprint density at radius 2 is 1.95 bits per heavy atom. The third-order valence-electron chi connectivity index (χ3n) is 5.41. The van der Waals surface area contributed by atoms with Gasteiger partial charge in [-0.05, 0) is 38.0 Å². The van der Waals surface area contributed by atoms with E-state index < -0.39 is 10.7 Å². The average Bonchev–Trinajstić information content (AvgIpc) is 3.32. The van der Waals surface area contributed by atoms with E-state index in [0.29, 0.717) is 25.5 Å². The quantitative estimate of drug-likeness (QED) is 0.202. The van der Waals surface area contributed by atoms with Gasteiger partial charge in [-0.25, -0.2) is 15.0 Å². The molecule has 0 unspecified atom stereocenters. The lowest BCUT2D eigenvalue weighted by atomic mass is 10.2. The Morgan fingerprint density at radius 3 is 2.59 bits per heavy atom. The predicted octanol–water partition coefficient (Wildman–Crippen LogP) is 5.59. The molecule has 2 heterocycles. The molecule has 196 valence electrons. The standard InChI is InChI=1S/C27H34N6O2S2/c1-5-9-20-15-30-25(31-16-20)33(18-21(14-28-4)17-29-22-10-7-6-8-11-22)13-12-23-19-36-26(32-23)37-27(2,3)24(34)35/h6-8,10-11,14-17,19,29H,5,9,12-13,18H2,1-4H3,(H,34,35)/b21-17+,28-14?. The van der Waals surface area contributed by atoms with E-state index in [4.69, 9.17) is 0 Å². The van der Waals surface area contributed by atoms with Crippen molar-refractivity contribution < 1.29 is 9.90 Å². The van der Waals surface area contributed by atoms with Gasteiger partial charge in [-0.3, -0.25) is 9.79 Å². The number of carbonyl (C=O) groups is 1. The first kappa shape index (κ1) is 28.3. The van der Waals surface area contributed by atoms with Crippen molar-refractivity contribution in [3.8, 4) is 0 Å². The Hall–Kier alpha value is -3.24. The Bertz CT molecular complexity index is 1190. The summed E-state index contributed by atoms with van der Waals surface area (Å²) in [7, 11) is 1.75. The molecule has 3 rings (SSSR count). The number of carboxylic acids is 1. The number of aromatic nitrogens is 3. The fourth-order valence-electron chi connectivity index (χ4n) is 3.36. The molecule has 0 bridgehead atoms. The maximum absolute atomic E-state index is 11.5. The van der Waals surface area contributed by atoms with Crippen molar-refractivity contribution in [2.75, 3.05) is 30.4 Å². The molecule has 2 N–H and O–H groups in total. The van der Waals surface area contributed by atoms with Crippen molar-refractivity contribution >= 4 is 46.9 Å². The van der Waals surface area contributed by atoms with Gasteiger partial charge in [0.05, 0.1) is 5.69 Å². The highest BCUT2D eigenvalue weighted by molar-refractivity contribution is 8.03. The summed E-state index contributed by atoms with van der Waals surface area (Å²) in [6.07, 6.45) is 10.2. The number of para-hydroxylation sites is 1. The first-order chi connectivity index (χ1) is 17.8. The maximum atomic E-state index is 11.5. The number of thiazole rings is 1. The van der Waals surface area contributed by atoms with Crippen LogP contribution in [0.2, 0.25) is 0 Å². The smallest absolute Gasteiger partial charge is 0.319 e. The Morgan fingerprint density at radius 1 is 1.22 bits per heavy atom. The van der Waals surface area contributed by atoms with Crippen LogP contribution in [0.25, 0.3) is 0 Å². The van der Waals surface area contributed by atoms with Gasteiger partial charge in [0.25, 0.3) is 0 Å². The lowest BCUT2D eigenvalue weighted by Gasteiger charge is -2.23. The average molecular weight is 539 g/mol. The second kappa shape index (κ2) is 13.9. The van der Waals surface area contributed by atoms with Gasteiger partial charge in [-0.1, -0.05) is 43.3 Å². The first-order valence-corrected chi connectivity index (χ1v) is 13.9. The second-order valence-corrected chi connectivity index (χ2v) is 11.7. The molecule has 0 aliphatic carbocycles. The van der Waals surface area contributed by atoms with E-state index >= 15 is 0 Å². The molecule has 0 atom stereocenters. The summed E-state index contributed by atoms with van der Waals surface area (Å²) in [5.74, 6) is -0.211. The number of anilines is 2. The van der Waals surface area contributed by atoms with Crippen molar-refractivity contribution in [2.24, 2.45) is 4.99 Å². The van der Waals surface area contributed by atoms with Crippen molar-refractivity contribution in [3.63, 3.8) is 0 Å². The molecule has 0 aliphatic rings. The van der Waals surface area contributed by atoms with Crippen LogP contribution < -0.4 is 10.2 Å². The van der Waals surface area contributed by atoms with Crippen LogP contribution in [0.5, 0.6) is 0 Å². The molecular weight excluding hydrogens is 504 g/mol. The molecule has 0 saturated heterocycles. The van der Waals surface area contributed by atoms with Gasteiger partial charge < -0.3 is 15.3 Å². The minimum atomic E-state index is -0.930. The highest BCUT2D eigenvalue weighted by Gasteiger charge is 2.29. The van der Waals surface area contributed by atoms with Gasteiger partial charge in [0.15, 0.2) is 4.34 Å². The van der Waals surface area contributed by atoms with Gasteiger partial charge in [-0.2, -0.15) is 0 Å². The molecular formula is C27H34N6O2S2. The number of thioether (sulfide) groups is 1. The number of nitrogens with zero attached hydrogens (tertiary/aromatic N) is 5. The highest BCUT2D eigenvalue weighted by Crippen LogP contribution is 2.34. The molecule has 10 heteroatoms. The fourth-order valence-corrected chi connectivity index (χ4v) is 5.59. The molecule has 0 spiro atoms. The van der Waals surface area contributed by atoms with Crippen LogP contribution in [0.15, 0.2) is 69.2 Å². The van der Waals surface area contributed by atoms with E-state index in [0.717, 1.165) is 39.7 Å². The van der Waals surface area contributed by atoms with Gasteiger partial charge >= 0.3 is 5.97 Å². The van der Waals surface area contributed by atoms with Crippen LogP contribution in [0.1, 0.15) is 38.4 Å². The van der Waals surface area contributed by atoms with Crippen LogP contribution in [0.3, 0.4) is 0 Å². The van der Waals surface area contributed by atoms with Crippen LogP contribution in [-0.2, 0) is 17.6 Å². The third kappa shape index (κ3) is 8.98. The normalized spacial score (nSPS) is 12.2. The molecule has 37 heavy (non-hydrogen) atoms. The number of aliphatic imine (C=N–C) groups is 1. The summed E-state index contributed by atoms with van der Waals surface area (Å²) in [6, 6.07) is 9.97. The lowest BCUT2D eigenvalue weighted by Crippen LogP contribution is -2.30. The number of nitrogens with one attached hydrogen (secondary N) is 1. The zero-order valence-electron chi connectivity index (χ0n) is 21.7. The van der Waals surface area contributed by atoms with Crippen LogP contribution in [-0.4, -0.2) is 57.1 Å². The van der Waals surface area contributed by atoms with Crippen LogP contribution in [0, 0.1) is 0 Å². The number of hydrogen-bond donors (Lipinski definition) is 2. The van der Waals surface area contributed by atoms with Crippen molar-refractivity contribution in [2.45, 2.75) is 49.1 Å². The topological polar surface area (TPSA) is 104 Å². The van der Waals surface area contributed by atoms with E-state index in [1.54, 1.807) is 20.9 Å². The van der Waals surface area contributed by atoms with Crippen molar-refractivity contribution in [3.05, 3.63) is 71.1 Å². The number of rotatable bonds is 14. The maximum Gasteiger partial charge on any atom is 0.319 e.